The van der Waals surface area contributed by atoms with Crippen LogP contribution in [0.4, 0.5) is 0 Å². The molecule has 0 aromatic heterocycles. The Balaban J connectivity index is 2.44. The average Bonchev–Trinajstić information content (AvgIpc) is 2.33. The summed E-state index contributed by atoms with van der Waals surface area (Å²) in [6.07, 6.45) is 4.73. The van der Waals surface area contributed by atoms with Gasteiger partial charge in [0.05, 0.1) is 0 Å². The molecular formula is C16H34N2O. The summed E-state index contributed by atoms with van der Waals surface area (Å²) < 4.78 is 0. The normalized spacial score (nSPS) is 25.7. The smallest absolute Gasteiger partial charge is 0.0434 e. The summed E-state index contributed by atoms with van der Waals surface area (Å²) in [7, 11) is 0. The number of unbranched alkanes of at least 4 members (excludes halogenated alkanes) is 1. The van der Waals surface area contributed by atoms with Gasteiger partial charge in [-0.3, -0.25) is 0 Å². The molecule has 1 rings (SSSR count). The van der Waals surface area contributed by atoms with Crippen LogP contribution in [0, 0.1) is 11.3 Å². The van der Waals surface area contributed by atoms with Gasteiger partial charge in [-0.05, 0) is 37.1 Å². The van der Waals surface area contributed by atoms with E-state index in [1.807, 2.05) is 0 Å². The second-order valence-electron chi connectivity index (χ2n) is 7.37. The number of nitrogens with zero attached hydrogens (tertiary/aromatic N) is 1. The minimum atomic E-state index is 0.332. The molecule has 0 radical (unpaired) electrons. The van der Waals surface area contributed by atoms with Gasteiger partial charge >= 0.3 is 0 Å². The number of rotatable bonds is 7. The van der Waals surface area contributed by atoms with Crippen molar-refractivity contribution in [3.63, 3.8) is 0 Å². The van der Waals surface area contributed by atoms with Crippen LogP contribution in [0.1, 0.15) is 53.4 Å². The standard InChI is InChI=1S/C16H34N2O/c1-5-6-8-18-11-14(7-9-19)10-15(12-18)17-13-16(2,3)4/h14-15,17,19H,5-13H2,1-4H3. The number of hydrogen-bond acceptors (Lipinski definition) is 3. The minimum Gasteiger partial charge on any atom is -0.396 e. The summed E-state index contributed by atoms with van der Waals surface area (Å²) in [5.74, 6) is 0.660. The number of aliphatic hydroxyl groups excluding tert-OH is 1. The first-order valence-corrected chi connectivity index (χ1v) is 8.01. The van der Waals surface area contributed by atoms with Gasteiger partial charge in [0.25, 0.3) is 0 Å². The van der Waals surface area contributed by atoms with Crippen molar-refractivity contribution in [1.29, 1.82) is 0 Å². The molecule has 2 atom stereocenters. The quantitative estimate of drug-likeness (QED) is 0.746. The highest BCUT2D eigenvalue weighted by atomic mass is 16.3. The molecule has 2 unspecified atom stereocenters. The van der Waals surface area contributed by atoms with Crippen molar-refractivity contribution in [3.8, 4) is 0 Å². The Morgan fingerprint density at radius 3 is 2.58 bits per heavy atom. The van der Waals surface area contributed by atoms with Crippen LogP contribution in [0.2, 0.25) is 0 Å². The highest BCUT2D eigenvalue weighted by Crippen LogP contribution is 2.21. The minimum absolute atomic E-state index is 0.332. The van der Waals surface area contributed by atoms with Crippen LogP contribution in [0.5, 0.6) is 0 Å². The molecule has 3 nitrogen and oxygen atoms in total. The molecule has 0 aromatic carbocycles. The molecule has 1 heterocycles. The zero-order valence-electron chi connectivity index (χ0n) is 13.4. The molecule has 114 valence electrons. The number of piperidine rings is 1. The molecule has 3 heteroatoms. The Morgan fingerprint density at radius 2 is 2.00 bits per heavy atom. The molecule has 1 aliphatic rings. The van der Waals surface area contributed by atoms with E-state index in [0.29, 0.717) is 24.0 Å². The van der Waals surface area contributed by atoms with Crippen molar-refractivity contribution < 1.29 is 5.11 Å². The van der Waals surface area contributed by atoms with Crippen LogP contribution in [-0.2, 0) is 0 Å². The van der Waals surface area contributed by atoms with Gasteiger partial charge in [0.15, 0.2) is 0 Å². The fourth-order valence-corrected chi connectivity index (χ4v) is 2.86. The SMILES string of the molecule is CCCCN1CC(CCO)CC(NCC(C)(C)C)C1. The molecule has 0 saturated carbocycles. The molecule has 0 aromatic rings. The lowest BCUT2D eigenvalue weighted by atomic mass is 9.90. The summed E-state index contributed by atoms with van der Waals surface area (Å²) in [6, 6.07) is 0.599. The van der Waals surface area contributed by atoms with Crippen LogP contribution in [-0.4, -0.2) is 48.8 Å². The third kappa shape index (κ3) is 7.28. The van der Waals surface area contributed by atoms with Gasteiger partial charge in [0, 0.05) is 32.3 Å². The van der Waals surface area contributed by atoms with Crippen LogP contribution in [0.3, 0.4) is 0 Å². The van der Waals surface area contributed by atoms with Gasteiger partial charge in [-0.25, -0.2) is 0 Å². The van der Waals surface area contributed by atoms with Crippen LogP contribution in [0.25, 0.3) is 0 Å². The maximum Gasteiger partial charge on any atom is 0.0434 e. The molecule has 2 N–H and O–H groups in total. The van der Waals surface area contributed by atoms with E-state index < -0.39 is 0 Å². The number of likely N-dealkylation sites (tertiary alicyclic amines) is 1. The topological polar surface area (TPSA) is 35.5 Å². The zero-order chi connectivity index (χ0) is 14.3. The Morgan fingerprint density at radius 1 is 1.26 bits per heavy atom. The average molecular weight is 270 g/mol. The monoisotopic (exact) mass is 270 g/mol. The first kappa shape index (κ1) is 16.9. The second-order valence-corrected chi connectivity index (χ2v) is 7.37. The van der Waals surface area contributed by atoms with Gasteiger partial charge in [0.2, 0.25) is 0 Å². The third-order valence-electron chi connectivity index (χ3n) is 3.90. The maximum absolute atomic E-state index is 9.19. The van der Waals surface area contributed by atoms with Gasteiger partial charge in [-0.2, -0.15) is 0 Å². The van der Waals surface area contributed by atoms with E-state index in [-0.39, 0.29) is 0 Å². The fraction of sp³-hybridized carbons (Fsp3) is 1.00. The van der Waals surface area contributed by atoms with E-state index in [9.17, 15) is 5.11 Å². The van der Waals surface area contributed by atoms with E-state index in [4.69, 9.17) is 0 Å². The predicted octanol–water partition coefficient (Wildman–Crippen LogP) is 2.50. The number of hydrogen-bond donors (Lipinski definition) is 2. The van der Waals surface area contributed by atoms with Crippen molar-refractivity contribution in [2.24, 2.45) is 11.3 Å². The van der Waals surface area contributed by atoms with Crippen LogP contribution < -0.4 is 5.32 Å². The Hall–Kier alpha value is -0.120. The highest BCUT2D eigenvalue weighted by molar-refractivity contribution is 4.84. The summed E-state index contributed by atoms with van der Waals surface area (Å²) in [5.41, 5.74) is 0.345. The van der Waals surface area contributed by atoms with Crippen molar-refractivity contribution >= 4 is 0 Å². The van der Waals surface area contributed by atoms with E-state index in [2.05, 4.69) is 37.9 Å². The molecule has 1 saturated heterocycles. The van der Waals surface area contributed by atoms with Crippen LogP contribution >= 0.6 is 0 Å². The van der Waals surface area contributed by atoms with Crippen molar-refractivity contribution in [3.05, 3.63) is 0 Å². The fourth-order valence-electron chi connectivity index (χ4n) is 2.86. The third-order valence-corrected chi connectivity index (χ3v) is 3.90. The summed E-state index contributed by atoms with van der Waals surface area (Å²) in [5, 5.41) is 12.9. The van der Waals surface area contributed by atoms with Gasteiger partial charge < -0.3 is 15.3 Å². The largest absolute Gasteiger partial charge is 0.396 e. The first-order chi connectivity index (χ1) is 8.94. The molecule has 1 aliphatic heterocycles. The van der Waals surface area contributed by atoms with E-state index in [1.54, 1.807) is 0 Å². The van der Waals surface area contributed by atoms with E-state index in [1.165, 1.54) is 38.9 Å². The molecule has 0 spiro atoms. The molecule has 0 aliphatic carbocycles. The molecule has 19 heavy (non-hydrogen) atoms. The lowest BCUT2D eigenvalue weighted by molar-refractivity contribution is 0.115. The van der Waals surface area contributed by atoms with Crippen molar-refractivity contribution in [1.82, 2.24) is 10.2 Å². The van der Waals surface area contributed by atoms with E-state index in [0.717, 1.165) is 13.0 Å². The highest BCUT2D eigenvalue weighted by Gasteiger charge is 2.27. The Bertz CT molecular complexity index is 237. The van der Waals surface area contributed by atoms with Gasteiger partial charge in [-0.15, -0.1) is 0 Å². The molecular weight excluding hydrogens is 236 g/mol. The Labute approximate surface area is 119 Å². The summed E-state index contributed by atoms with van der Waals surface area (Å²) in [4.78, 5) is 2.59. The first-order valence-electron chi connectivity index (χ1n) is 8.01. The zero-order valence-corrected chi connectivity index (χ0v) is 13.4. The van der Waals surface area contributed by atoms with Crippen molar-refractivity contribution in [2.45, 2.75) is 59.4 Å². The van der Waals surface area contributed by atoms with Gasteiger partial charge in [0.1, 0.15) is 0 Å². The lowest BCUT2D eigenvalue weighted by Gasteiger charge is -2.39. The molecule has 0 bridgehead atoms. The molecule has 0 amide bonds. The second kappa shape index (κ2) is 8.23. The Kier molecular flexibility index (Phi) is 7.33. The molecule has 1 fully saturated rings. The van der Waals surface area contributed by atoms with E-state index >= 15 is 0 Å². The summed E-state index contributed by atoms with van der Waals surface area (Å²) in [6.45, 7) is 14.1. The lowest BCUT2D eigenvalue weighted by Crippen LogP contribution is -2.51. The number of nitrogens with one attached hydrogen (secondary N) is 1. The number of aliphatic hydroxyl groups is 1. The van der Waals surface area contributed by atoms with Gasteiger partial charge in [-0.1, -0.05) is 34.1 Å². The maximum atomic E-state index is 9.19. The summed E-state index contributed by atoms with van der Waals surface area (Å²) >= 11 is 0. The van der Waals surface area contributed by atoms with Crippen molar-refractivity contribution in [2.75, 3.05) is 32.8 Å². The van der Waals surface area contributed by atoms with Crippen LogP contribution in [0.15, 0.2) is 0 Å². The predicted molar refractivity (Wildman–Crippen MR) is 82.4 cm³/mol.